The second-order valence-corrected chi connectivity index (χ2v) is 16.8. The number of aryl methyl sites for hydroxylation is 2. The second kappa shape index (κ2) is 31.3. The van der Waals surface area contributed by atoms with Crippen LogP contribution in [0.15, 0.2) is 109 Å². The molecule has 0 radical (unpaired) electrons. The monoisotopic (exact) mass is 909 g/mol. The summed E-state index contributed by atoms with van der Waals surface area (Å²) in [5.74, 6) is -1.24. The van der Waals surface area contributed by atoms with Crippen LogP contribution in [0.5, 0.6) is 11.5 Å². The van der Waals surface area contributed by atoms with E-state index in [1.54, 1.807) is 20.8 Å². The summed E-state index contributed by atoms with van der Waals surface area (Å²) in [4.78, 5) is 51.3. The number of aliphatic carboxylic acids is 1. The molecule has 10 heteroatoms. The normalized spacial score (nSPS) is 11.9. The third-order valence-electron chi connectivity index (χ3n) is 11.7. The Morgan fingerprint density at radius 2 is 0.773 bits per heavy atom. The highest BCUT2D eigenvalue weighted by Gasteiger charge is 2.49. The van der Waals surface area contributed by atoms with Gasteiger partial charge in [0.2, 0.25) is 0 Å². The van der Waals surface area contributed by atoms with Crippen LogP contribution in [0, 0.1) is 10.8 Å². The minimum atomic E-state index is -1.62. The van der Waals surface area contributed by atoms with E-state index in [1.807, 2.05) is 109 Å². The van der Waals surface area contributed by atoms with Crippen molar-refractivity contribution in [3.05, 3.63) is 131 Å². The van der Waals surface area contributed by atoms with Crippen molar-refractivity contribution < 1.29 is 48.0 Å². The molecule has 0 amide bonds. The van der Waals surface area contributed by atoms with Gasteiger partial charge in [-0.15, -0.1) is 0 Å². The summed E-state index contributed by atoms with van der Waals surface area (Å²) >= 11 is 0. The lowest BCUT2D eigenvalue weighted by atomic mass is 9.76. The predicted octanol–water partition coefficient (Wildman–Crippen LogP) is 12.2. The highest BCUT2D eigenvalue weighted by molar-refractivity contribution is 6.00. The summed E-state index contributed by atoms with van der Waals surface area (Å²) in [6.45, 7) is 11.6. The summed E-state index contributed by atoms with van der Waals surface area (Å²) in [6, 6.07) is 34.4. The molecule has 0 saturated carbocycles. The van der Waals surface area contributed by atoms with Gasteiger partial charge in [-0.2, -0.15) is 0 Å². The van der Waals surface area contributed by atoms with Gasteiger partial charge in [0, 0.05) is 0 Å². The predicted molar refractivity (Wildman–Crippen MR) is 261 cm³/mol. The molecule has 0 spiro atoms. The number of esters is 3. The van der Waals surface area contributed by atoms with Crippen LogP contribution >= 0.6 is 0 Å². The Balaban J connectivity index is 0.000000351. The minimum absolute atomic E-state index is 0.0984. The standard InChI is InChI=1S/C29H40O5.C27H36O5/c1-4-7-8-9-13-22-34-26-18-16-24(17-19-26)20-21-29(27(30)32-5-2,28(31)33-6-3)23-25-14-11-10-12-15-25;1-3-5-6-7-11-20-32-24-16-14-22(15-17-24)18-19-27(25(28)29,26(30)31-4-2)21-23-12-9-8-10-13-23/h10-12,14-19H,4-9,13,20-23H2,1-3H3;8-10,12-17H,3-7,11,18-21H2,1-2H3,(H,28,29). The first-order valence-corrected chi connectivity index (χ1v) is 24.3. The number of unbranched alkanes of at least 4 members (excludes halogenated alkanes) is 8. The lowest BCUT2D eigenvalue weighted by Gasteiger charge is -2.29. The van der Waals surface area contributed by atoms with Crippen molar-refractivity contribution in [2.24, 2.45) is 10.8 Å². The van der Waals surface area contributed by atoms with E-state index < -0.39 is 34.7 Å². The average molecular weight is 909 g/mol. The van der Waals surface area contributed by atoms with Gasteiger partial charge in [-0.25, -0.2) is 0 Å². The molecule has 0 bridgehead atoms. The molecule has 0 heterocycles. The number of benzene rings is 4. The maximum atomic E-state index is 13.1. The molecule has 1 unspecified atom stereocenters. The van der Waals surface area contributed by atoms with Crippen molar-refractivity contribution in [1.29, 1.82) is 0 Å². The van der Waals surface area contributed by atoms with Crippen molar-refractivity contribution in [3.8, 4) is 11.5 Å². The zero-order valence-corrected chi connectivity index (χ0v) is 40.4. The van der Waals surface area contributed by atoms with Crippen molar-refractivity contribution in [2.75, 3.05) is 33.0 Å². The molecule has 1 atom stereocenters. The first-order chi connectivity index (χ1) is 32.1. The fraction of sp³-hybridized carbons (Fsp3) is 0.500. The van der Waals surface area contributed by atoms with E-state index in [9.17, 15) is 24.3 Å². The number of carbonyl (C=O) groups is 4. The van der Waals surface area contributed by atoms with Gasteiger partial charge in [0.25, 0.3) is 0 Å². The van der Waals surface area contributed by atoms with Crippen molar-refractivity contribution >= 4 is 23.9 Å². The van der Waals surface area contributed by atoms with E-state index in [0.717, 1.165) is 53.2 Å². The molecule has 0 aliphatic heterocycles. The Morgan fingerprint density at radius 1 is 0.424 bits per heavy atom. The summed E-state index contributed by atoms with van der Waals surface area (Å²) in [5, 5.41) is 10.1. The summed E-state index contributed by atoms with van der Waals surface area (Å²) < 4.78 is 27.6. The zero-order valence-electron chi connectivity index (χ0n) is 40.4. The number of hydrogen-bond donors (Lipinski definition) is 1. The van der Waals surface area contributed by atoms with Crippen LogP contribution in [-0.2, 0) is 59.1 Å². The molecule has 360 valence electrons. The molecule has 0 fully saturated rings. The van der Waals surface area contributed by atoms with Crippen molar-refractivity contribution in [1.82, 2.24) is 0 Å². The van der Waals surface area contributed by atoms with Gasteiger partial charge in [0.05, 0.1) is 33.0 Å². The van der Waals surface area contributed by atoms with Crippen molar-refractivity contribution in [3.63, 3.8) is 0 Å². The Kier molecular flexibility index (Phi) is 25.9. The molecule has 4 aromatic rings. The molecule has 4 rings (SSSR count). The summed E-state index contributed by atoms with van der Waals surface area (Å²) in [7, 11) is 0. The molecule has 0 aliphatic rings. The van der Waals surface area contributed by atoms with Gasteiger partial charge in [-0.05, 0) is 119 Å². The van der Waals surface area contributed by atoms with Crippen LogP contribution < -0.4 is 9.47 Å². The third-order valence-corrected chi connectivity index (χ3v) is 11.7. The third kappa shape index (κ3) is 18.7. The van der Waals surface area contributed by atoms with Gasteiger partial charge >= 0.3 is 23.9 Å². The van der Waals surface area contributed by atoms with E-state index in [0.29, 0.717) is 25.9 Å². The molecule has 4 aromatic carbocycles. The molecule has 0 aromatic heterocycles. The maximum absolute atomic E-state index is 13.1. The van der Waals surface area contributed by atoms with Gasteiger partial charge < -0.3 is 28.8 Å². The topological polar surface area (TPSA) is 135 Å². The number of rotatable bonds is 31. The Hall–Kier alpha value is -5.64. The number of carboxylic acids is 1. The van der Waals surface area contributed by atoms with Crippen LogP contribution in [0.3, 0.4) is 0 Å². The van der Waals surface area contributed by atoms with Crippen molar-refractivity contribution in [2.45, 2.75) is 137 Å². The fourth-order valence-electron chi connectivity index (χ4n) is 7.76. The molecule has 0 aliphatic carbocycles. The van der Waals surface area contributed by atoms with E-state index in [4.69, 9.17) is 23.7 Å². The van der Waals surface area contributed by atoms with Gasteiger partial charge in [0.15, 0.2) is 10.8 Å². The summed E-state index contributed by atoms with van der Waals surface area (Å²) in [6.07, 6.45) is 13.8. The Morgan fingerprint density at radius 3 is 1.14 bits per heavy atom. The van der Waals surface area contributed by atoms with E-state index >= 15 is 0 Å². The van der Waals surface area contributed by atoms with Crippen LogP contribution in [0.1, 0.15) is 134 Å². The van der Waals surface area contributed by atoms with E-state index in [2.05, 4.69) is 13.8 Å². The molecular weight excluding hydrogens is 833 g/mol. The molecule has 10 nitrogen and oxygen atoms in total. The maximum Gasteiger partial charge on any atom is 0.323 e. The first kappa shape index (κ1) is 54.7. The Labute approximate surface area is 394 Å². The smallest absolute Gasteiger partial charge is 0.323 e. The lowest BCUT2D eigenvalue weighted by Crippen LogP contribution is -2.44. The van der Waals surface area contributed by atoms with E-state index in [-0.39, 0.29) is 39.1 Å². The largest absolute Gasteiger partial charge is 0.494 e. The highest BCUT2D eigenvalue weighted by Crippen LogP contribution is 2.34. The SMILES string of the molecule is CCCCCCCOc1ccc(CCC(Cc2ccccc2)(C(=O)O)C(=O)OCC)cc1.CCCCCCCOc1ccc(CCC(Cc2ccccc2)(C(=O)OCC)C(=O)OCC)cc1. The Bertz CT molecular complexity index is 1930. The van der Waals surface area contributed by atoms with E-state index in [1.165, 1.54) is 51.4 Å². The van der Waals surface area contributed by atoms with Gasteiger partial charge in [-0.3, -0.25) is 19.2 Å². The highest BCUT2D eigenvalue weighted by atomic mass is 16.6. The zero-order chi connectivity index (χ0) is 47.9. The number of ether oxygens (including phenoxy) is 5. The number of carbonyl (C=O) groups excluding carboxylic acids is 3. The van der Waals surface area contributed by atoms with Crippen LogP contribution in [-0.4, -0.2) is 62.0 Å². The van der Waals surface area contributed by atoms with Crippen LogP contribution in [0.25, 0.3) is 0 Å². The minimum Gasteiger partial charge on any atom is -0.494 e. The molecule has 1 N–H and O–H groups in total. The number of carboxylic acid groups (broad SMARTS) is 1. The van der Waals surface area contributed by atoms with Gasteiger partial charge in [0.1, 0.15) is 11.5 Å². The average Bonchev–Trinajstić information content (AvgIpc) is 3.33. The quantitative estimate of drug-likeness (QED) is 0.0225. The molecule has 66 heavy (non-hydrogen) atoms. The first-order valence-electron chi connectivity index (χ1n) is 24.3. The van der Waals surface area contributed by atoms with Crippen LogP contribution in [0.2, 0.25) is 0 Å². The molecule has 0 saturated heterocycles. The molecular formula is C56H76O10. The lowest BCUT2D eigenvalue weighted by molar-refractivity contribution is -0.173. The fourth-order valence-corrected chi connectivity index (χ4v) is 7.76. The van der Waals surface area contributed by atoms with Crippen LogP contribution in [0.4, 0.5) is 0 Å². The second-order valence-electron chi connectivity index (χ2n) is 16.8. The summed E-state index contributed by atoms with van der Waals surface area (Å²) in [5.41, 5.74) is 0.674. The van der Waals surface area contributed by atoms with Gasteiger partial charge in [-0.1, -0.05) is 150 Å². The number of hydrogen-bond acceptors (Lipinski definition) is 9.